The molecule has 2 aromatic rings. The standard InChI is InChI=1S/C17H22N2O/c1-4-18-16(12-15-7-5-6-10-19-15)14-8-9-17(20-3)13(2)11-14/h5-11,16,18H,4,12H2,1-3H3. The van der Waals surface area contributed by atoms with E-state index < -0.39 is 0 Å². The summed E-state index contributed by atoms with van der Waals surface area (Å²) in [6.45, 7) is 5.14. The average molecular weight is 270 g/mol. The molecule has 0 fully saturated rings. The molecule has 0 aliphatic rings. The Morgan fingerprint density at radius 2 is 2.10 bits per heavy atom. The summed E-state index contributed by atoms with van der Waals surface area (Å²) in [6.07, 6.45) is 2.73. The van der Waals surface area contributed by atoms with E-state index in [4.69, 9.17) is 4.74 Å². The fourth-order valence-corrected chi connectivity index (χ4v) is 2.40. The second-order valence-corrected chi connectivity index (χ2v) is 4.86. The van der Waals surface area contributed by atoms with Crippen LogP contribution in [0.25, 0.3) is 0 Å². The number of pyridine rings is 1. The van der Waals surface area contributed by atoms with Crippen LogP contribution in [0.15, 0.2) is 42.6 Å². The van der Waals surface area contributed by atoms with E-state index in [1.165, 1.54) is 5.56 Å². The number of likely N-dealkylation sites (N-methyl/N-ethyl adjacent to an activating group) is 1. The molecule has 1 N–H and O–H groups in total. The van der Waals surface area contributed by atoms with Gasteiger partial charge >= 0.3 is 0 Å². The van der Waals surface area contributed by atoms with E-state index in [-0.39, 0.29) is 6.04 Å². The van der Waals surface area contributed by atoms with Crippen LogP contribution in [0.4, 0.5) is 0 Å². The first-order valence-electron chi connectivity index (χ1n) is 7.02. The average Bonchev–Trinajstić information content (AvgIpc) is 2.48. The molecule has 3 nitrogen and oxygen atoms in total. The first kappa shape index (κ1) is 14.5. The maximum Gasteiger partial charge on any atom is 0.121 e. The molecule has 1 aromatic carbocycles. The van der Waals surface area contributed by atoms with Gasteiger partial charge in [0.25, 0.3) is 0 Å². The summed E-state index contributed by atoms with van der Waals surface area (Å²) in [5.41, 5.74) is 3.54. The zero-order valence-electron chi connectivity index (χ0n) is 12.4. The van der Waals surface area contributed by atoms with E-state index in [0.717, 1.165) is 30.0 Å². The van der Waals surface area contributed by atoms with Gasteiger partial charge in [0.15, 0.2) is 0 Å². The SMILES string of the molecule is CCNC(Cc1ccccn1)c1ccc(OC)c(C)c1. The number of hydrogen-bond donors (Lipinski definition) is 1. The number of nitrogens with zero attached hydrogens (tertiary/aromatic N) is 1. The van der Waals surface area contributed by atoms with Gasteiger partial charge in [-0.15, -0.1) is 0 Å². The van der Waals surface area contributed by atoms with Crippen LogP contribution in [0.3, 0.4) is 0 Å². The number of hydrogen-bond acceptors (Lipinski definition) is 3. The number of rotatable bonds is 6. The van der Waals surface area contributed by atoms with E-state index in [1.807, 2.05) is 24.4 Å². The molecule has 20 heavy (non-hydrogen) atoms. The third-order valence-corrected chi connectivity index (χ3v) is 3.41. The van der Waals surface area contributed by atoms with E-state index in [0.29, 0.717) is 0 Å². The molecule has 1 atom stereocenters. The molecule has 1 heterocycles. The quantitative estimate of drug-likeness (QED) is 0.874. The number of aryl methyl sites for hydroxylation is 1. The molecule has 0 aliphatic carbocycles. The molecule has 3 heteroatoms. The highest BCUT2D eigenvalue weighted by molar-refractivity contribution is 5.37. The van der Waals surface area contributed by atoms with E-state index in [1.54, 1.807) is 7.11 Å². The van der Waals surface area contributed by atoms with Crippen LogP contribution in [-0.2, 0) is 6.42 Å². The molecule has 0 aliphatic heterocycles. The number of methoxy groups -OCH3 is 1. The second kappa shape index (κ2) is 7.06. The largest absolute Gasteiger partial charge is 0.496 e. The van der Waals surface area contributed by atoms with E-state index in [9.17, 15) is 0 Å². The topological polar surface area (TPSA) is 34.2 Å². The smallest absolute Gasteiger partial charge is 0.121 e. The minimum Gasteiger partial charge on any atom is -0.496 e. The minimum absolute atomic E-state index is 0.277. The molecule has 106 valence electrons. The molecule has 0 spiro atoms. The molecule has 0 radical (unpaired) electrons. The lowest BCUT2D eigenvalue weighted by molar-refractivity contribution is 0.411. The lowest BCUT2D eigenvalue weighted by atomic mass is 9.99. The Labute approximate surface area is 121 Å². The van der Waals surface area contributed by atoms with Crippen molar-refractivity contribution in [3.8, 4) is 5.75 Å². The Morgan fingerprint density at radius 1 is 1.25 bits per heavy atom. The van der Waals surface area contributed by atoms with Crippen LogP contribution in [0, 0.1) is 6.92 Å². The summed E-state index contributed by atoms with van der Waals surface area (Å²) in [5, 5.41) is 3.53. The zero-order chi connectivity index (χ0) is 14.4. The second-order valence-electron chi connectivity index (χ2n) is 4.86. The van der Waals surface area contributed by atoms with Gasteiger partial charge in [-0.2, -0.15) is 0 Å². The van der Waals surface area contributed by atoms with Gasteiger partial charge in [0, 0.05) is 24.4 Å². The van der Waals surface area contributed by atoms with Gasteiger partial charge in [0.2, 0.25) is 0 Å². The number of ether oxygens (including phenoxy) is 1. The number of nitrogens with one attached hydrogen (secondary N) is 1. The van der Waals surface area contributed by atoms with Crippen molar-refractivity contribution in [3.63, 3.8) is 0 Å². The summed E-state index contributed by atoms with van der Waals surface area (Å²) in [4.78, 5) is 4.42. The fraction of sp³-hybridized carbons (Fsp3) is 0.353. The van der Waals surface area contributed by atoms with Gasteiger partial charge in [-0.1, -0.05) is 25.1 Å². The summed E-state index contributed by atoms with van der Waals surface area (Å²) >= 11 is 0. The highest BCUT2D eigenvalue weighted by atomic mass is 16.5. The summed E-state index contributed by atoms with van der Waals surface area (Å²) in [6, 6.07) is 12.7. The lowest BCUT2D eigenvalue weighted by Gasteiger charge is -2.19. The van der Waals surface area contributed by atoms with Crippen molar-refractivity contribution in [1.29, 1.82) is 0 Å². The summed E-state index contributed by atoms with van der Waals surface area (Å²) < 4.78 is 5.33. The Balaban J connectivity index is 2.22. The van der Waals surface area contributed by atoms with Crippen LogP contribution >= 0.6 is 0 Å². The van der Waals surface area contributed by atoms with Gasteiger partial charge in [-0.05, 0) is 42.8 Å². The fourth-order valence-electron chi connectivity index (χ4n) is 2.40. The Hall–Kier alpha value is -1.87. The Morgan fingerprint density at radius 3 is 2.70 bits per heavy atom. The van der Waals surface area contributed by atoms with E-state index >= 15 is 0 Å². The van der Waals surface area contributed by atoms with Crippen LogP contribution in [0.2, 0.25) is 0 Å². The van der Waals surface area contributed by atoms with Gasteiger partial charge < -0.3 is 10.1 Å². The first-order chi connectivity index (χ1) is 9.74. The molecule has 0 amide bonds. The number of aromatic nitrogens is 1. The monoisotopic (exact) mass is 270 g/mol. The maximum absolute atomic E-state index is 5.33. The van der Waals surface area contributed by atoms with Gasteiger partial charge in [-0.3, -0.25) is 4.98 Å². The summed E-state index contributed by atoms with van der Waals surface area (Å²) in [5.74, 6) is 0.932. The maximum atomic E-state index is 5.33. The predicted molar refractivity (Wildman–Crippen MR) is 82.1 cm³/mol. The highest BCUT2D eigenvalue weighted by Crippen LogP contribution is 2.24. The first-order valence-corrected chi connectivity index (χ1v) is 7.02. The summed E-state index contributed by atoms with van der Waals surface area (Å²) in [7, 11) is 1.71. The van der Waals surface area contributed by atoms with Crippen molar-refractivity contribution in [2.24, 2.45) is 0 Å². The van der Waals surface area contributed by atoms with E-state index in [2.05, 4.69) is 42.3 Å². The van der Waals surface area contributed by atoms with Gasteiger partial charge in [0.05, 0.1) is 7.11 Å². The van der Waals surface area contributed by atoms with Crippen LogP contribution < -0.4 is 10.1 Å². The number of benzene rings is 1. The molecular formula is C17H22N2O. The molecule has 1 unspecified atom stereocenters. The van der Waals surface area contributed by atoms with Crippen molar-refractivity contribution in [2.75, 3.05) is 13.7 Å². The van der Waals surface area contributed by atoms with Gasteiger partial charge in [-0.25, -0.2) is 0 Å². The minimum atomic E-state index is 0.277. The highest BCUT2D eigenvalue weighted by Gasteiger charge is 2.13. The Bertz CT molecular complexity index is 540. The van der Waals surface area contributed by atoms with Crippen LogP contribution in [0.1, 0.15) is 29.8 Å². The van der Waals surface area contributed by atoms with Crippen molar-refractivity contribution in [3.05, 3.63) is 59.4 Å². The molecule has 0 saturated carbocycles. The van der Waals surface area contributed by atoms with Crippen LogP contribution in [0.5, 0.6) is 5.75 Å². The van der Waals surface area contributed by atoms with Gasteiger partial charge in [0.1, 0.15) is 5.75 Å². The molecule has 1 aromatic heterocycles. The Kier molecular flexibility index (Phi) is 5.13. The molecule has 0 bridgehead atoms. The van der Waals surface area contributed by atoms with Crippen molar-refractivity contribution in [1.82, 2.24) is 10.3 Å². The molecular weight excluding hydrogens is 248 g/mol. The van der Waals surface area contributed by atoms with Crippen molar-refractivity contribution in [2.45, 2.75) is 26.3 Å². The third kappa shape index (κ3) is 3.58. The normalized spacial score (nSPS) is 12.2. The van der Waals surface area contributed by atoms with Crippen LogP contribution in [-0.4, -0.2) is 18.6 Å². The lowest BCUT2D eigenvalue weighted by Crippen LogP contribution is -2.23. The van der Waals surface area contributed by atoms with Crippen molar-refractivity contribution >= 4 is 0 Å². The molecule has 2 rings (SSSR count). The van der Waals surface area contributed by atoms with Crippen molar-refractivity contribution < 1.29 is 4.74 Å². The zero-order valence-corrected chi connectivity index (χ0v) is 12.4. The third-order valence-electron chi connectivity index (χ3n) is 3.41. The predicted octanol–water partition coefficient (Wildman–Crippen LogP) is 3.29. The molecule has 0 saturated heterocycles.